The van der Waals surface area contributed by atoms with E-state index in [9.17, 15) is 0 Å². The maximum absolute atomic E-state index is 4.67. The monoisotopic (exact) mass is 652 g/mol. The summed E-state index contributed by atoms with van der Waals surface area (Å²) in [6, 6.07) is 0. The topological polar surface area (TPSA) is 3.24 Å². The standard InChI is InChI=1S/C41H81NS2/c1-10-11-12-13-14-17-20-30-43-31-21-18-15-16-19-22-38(7)40-28-27-39(41(33-40)44-32-29-42(8)9)26-25-37(6)36(5)24-23-35(4)34(2)3/h34-37,39-41H,7,10-33H2,1-6,8-9H3. The van der Waals surface area contributed by atoms with Crippen LogP contribution in [0.25, 0.3) is 0 Å². The minimum atomic E-state index is 0.778. The van der Waals surface area contributed by atoms with Crippen LogP contribution in [0.5, 0.6) is 0 Å². The molecule has 0 aromatic heterocycles. The van der Waals surface area contributed by atoms with Gasteiger partial charge in [-0.3, -0.25) is 0 Å². The molecular formula is C41H81NS2. The molecule has 0 aromatic carbocycles. The quantitative estimate of drug-likeness (QED) is 0.0585. The number of allylic oxidation sites excluding steroid dienone is 1. The first-order valence-electron chi connectivity index (χ1n) is 19.7. The molecule has 262 valence electrons. The first-order valence-corrected chi connectivity index (χ1v) is 21.9. The third-order valence-corrected chi connectivity index (χ3v) is 13.8. The molecule has 0 aliphatic heterocycles. The average Bonchev–Trinajstić information content (AvgIpc) is 3.00. The van der Waals surface area contributed by atoms with Gasteiger partial charge in [0.1, 0.15) is 0 Å². The van der Waals surface area contributed by atoms with Gasteiger partial charge >= 0.3 is 0 Å². The second-order valence-corrected chi connectivity index (χ2v) is 18.3. The number of rotatable bonds is 29. The fourth-order valence-corrected chi connectivity index (χ4v) is 9.65. The summed E-state index contributed by atoms with van der Waals surface area (Å²) in [6.45, 7) is 20.5. The van der Waals surface area contributed by atoms with Crippen molar-refractivity contribution >= 4 is 23.5 Å². The Kier molecular flexibility index (Phi) is 26.4. The molecule has 0 bridgehead atoms. The van der Waals surface area contributed by atoms with Crippen molar-refractivity contribution < 1.29 is 0 Å². The smallest absolute Gasteiger partial charge is 0.00815 e. The summed E-state index contributed by atoms with van der Waals surface area (Å²) >= 11 is 4.50. The van der Waals surface area contributed by atoms with Gasteiger partial charge in [0, 0.05) is 17.5 Å². The van der Waals surface area contributed by atoms with E-state index in [0.717, 1.165) is 40.8 Å². The number of unbranched alkanes of at least 4 members (excludes halogenated alkanes) is 10. The molecule has 6 atom stereocenters. The van der Waals surface area contributed by atoms with Gasteiger partial charge in [0.25, 0.3) is 0 Å². The molecule has 1 saturated carbocycles. The lowest BCUT2D eigenvalue weighted by molar-refractivity contribution is 0.245. The Bertz CT molecular complexity index is 661. The largest absolute Gasteiger partial charge is 0.309 e. The lowest BCUT2D eigenvalue weighted by atomic mass is 9.74. The van der Waals surface area contributed by atoms with Crippen molar-refractivity contribution in [1.82, 2.24) is 4.90 Å². The Morgan fingerprint density at radius 3 is 1.89 bits per heavy atom. The van der Waals surface area contributed by atoms with Gasteiger partial charge in [0.2, 0.25) is 0 Å². The molecule has 6 unspecified atom stereocenters. The fraction of sp³-hybridized carbons (Fsp3) is 0.951. The molecule has 0 N–H and O–H groups in total. The van der Waals surface area contributed by atoms with Crippen LogP contribution in [0.2, 0.25) is 0 Å². The van der Waals surface area contributed by atoms with Gasteiger partial charge in [0.05, 0.1) is 0 Å². The van der Waals surface area contributed by atoms with Crippen LogP contribution in [0.15, 0.2) is 12.2 Å². The molecular weight excluding hydrogens is 571 g/mol. The van der Waals surface area contributed by atoms with Crippen LogP contribution in [0, 0.1) is 35.5 Å². The van der Waals surface area contributed by atoms with E-state index in [1.165, 1.54) is 152 Å². The molecule has 0 radical (unpaired) electrons. The minimum absolute atomic E-state index is 0.778. The van der Waals surface area contributed by atoms with Crippen molar-refractivity contribution in [3.05, 3.63) is 12.2 Å². The Labute approximate surface area is 288 Å². The number of hydrogen-bond donors (Lipinski definition) is 0. The average molecular weight is 652 g/mol. The molecule has 1 aliphatic rings. The SMILES string of the molecule is C=C(CCCCCCCSCCCCCCCCC)C1CCC(CCC(C)C(C)CCC(C)C(C)C)C(SCCN(C)C)C1. The summed E-state index contributed by atoms with van der Waals surface area (Å²) in [6.07, 6.45) is 28.3. The molecule has 0 saturated heterocycles. The molecule has 0 heterocycles. The lowest BCUT2D eigenvalue weighted by Gasteiger charge is -2.38. The lowest BCUT2D eigenvalue weighted by Crippen LogP contribution is -2.30. The predicted octanol–water partition coefficient (Wildman–Crippen LogP) is 13.6. The molecule has 0 spiro atoms. The summed E-state index contributed by atoms with van der Waals surface area (Å²) in [5, 5.41) is 0.840. The molecule has 1 fully saturated rings. The van der Waals surface area contributed by atoms with Crippen molar-refractivity contribution in [3.8, 4) is 0 Å². The third-order valence-electron chi connectivity index (χ3n) is 11.2. The van der Waals surface area contributed by atoms with E-state index in [4.69, 9.17) is 0 Å². The van der Waals surface area contributed by atoms with E-state index in [-0.39, 0.29) is 0 Å². The van der Waals surface area contributed by atoms with Crippen LogP contribution in [0.4, 0.5) is 0 Å². The van der Waals surface area contributed by atoms with Gasteiger partial charge in [-0.25, -0.2) is 0 Å². The zero-order chi connectivity index (χ0) is 32.6. The van der Waals surface area contributed by atoms with Crippen LogP contribution < -0.4 is 0 Å². The summed E-state index contributed by atoms with van der Waals surface area (Å²) in [5.74, 6) is 9.15. The Morgan fingerprint density at radius 1 is 0.705 bits per heavy atom. The molecule has 44 heavy (non-hydrogen) atoms. The zero-order valence-electron chi connectivity index (χ0n) is 31.5. The van der Waals surface area contributed by atoms with Gasteiger partial charge in [-0.1, -0.05) is 131 Å². The van der Waals surface area contributed by atoms with Gasteiger partial charge in [-0.05, 0) is 112 Å². The van der Waals surface area contributed by atoms with Crippen molar-refractivity contribution in [2.45, 2.75) is 175 Å². The predicted molar refractivity (Wildman–Crippen MR) is 209 cm³/mol. The highest BCUT2D eigenvalue weighted by Gasteiger charge is 2.32. The molecule has 3 heteroatoms. The maximum Gasteiger partial charge on any atom is 0.00815 e. The highest BCUT2D eigenvalue weighted by atomic mass is 32.2. The highest BCUT2D eigenvalue weighted by Crippen LogP contribution is 2.43. The van der Waals surface area contributed by atoms with E-state index < -0.39 is 0 Å². The van der Waals surface area contributed by atoms with Crippen LogP contribution in [0.1, 0.15) is 170 Å². The maximum atomic E-state index is 4.67. The Morgan fingerprint density at radius 2 is 1.27 bits per heavy atom. The first-order chi connectivity index (χ1) is 21.1. The molecule has 0 amide bonds. The van der Waals surface area contributed by atoms with Crippen molar-refractivity contribution in [2.24, 2.45) is 35.5 Å². The summed E-state index contributed by atoms with van der Waals surface area (Å²) in [4.78, 5) is 2.36. The van der Waals surface area contributed by atoms with Crippen LogP contribution >= 0.6 is 23.5 Å². The van der Waals surface area contributed by atoms with Gasteiger partial charge in [0.15, 0.2) is 0 Å². The molecule has 0 aromatic rings. The highest BCUT2D eigenvalue weighted by molar-refractivity contribution is 8.00. The summed E-state index contributed by atoms with van der Waals surface area (Å²) in [5.41, 5.74) is 1.59. The van der Waals surface area contributed by atoms with E-state index in [0.29, 0.717) is 0 Å². The van der Waals surface area contributed by atoms with E-state index in [1.54, 1.807) is 5.57 Å². The molecule has 1 rings (SSSR count). The van der Waals surface area contributed by atoms with Crippen molar-refractivity contribution in [1.29, 1.82) is 0 Å². The van der Waals surface area contributed by atoms with Gasteiger partial charge < -0.3 is 4.90 Å². The number of thioether (sulfide) groups is 2. The number of nitrogens with zero attached hydrogens (tertiary/aromatic N) is 1. The van der Waals surface area contributed by atoms with Crippen molar-refractivity contribution in [3.63, 3.8) is 0 Å². The van der Waals surface area contributed by atoms with E-state index in [2.05, 4.69) is 90.6 Å². The number of hydrogen-bond acceptors (Lipinski definition) is 3. The fourth-order valence-electron chi connectivity index (χ4n) is 6.94. The third kappa shape index (κ3) is 21.3. The van der Waals surface area contributed by atoms with E-state index >= 15 is 0 Å². The van der Waals surface area contributed by atoms with Crippen LogP contribution in [0.3, 0.4) is 0 Å². The van der Waals surface area contributed by atoms with Gasteiger partial charge in [-0.15, -0.1) is 0 Å². The molecule has 1 aliphatic carbocycles. The van der Waals surface area contributed by atoms with Crippen LogP contribution in [-0.2, 0) is 0 Å². The summed E-state index contributed by atoms with van der Waals surface area (Å²) in [7, 11) is 4.45. The van der Waals surface area contributed by atoms with E-state index in [1.807, 2.05) is 0 Å². The molecule has 1 nitrogen and oxygen atoms in total. The summed E-state index contributed by atoms with van der Waals surface area (Å²) < 4.78 is 0. The second-order valence-electron chi connectivity index (χ2n) is 15.7. The Hall–Kier alpha value is 0.400. The zero-order valence-corrected chi connectivity index (χ0v) is 33.1. The van der Waals surface area contributed by atoms with Crippen LogP contribution in [-0.4, -0.2) is 48.0 Å². The normalized spacial score (nSPS) is 21.2. The minimum Gasteiger partial charge on any atom is -0.309 e. The van der Waals surface area contributed by atoms with Crippen molar-refractivity contribution in [2.75, 3.05) is 37.9 Å². The van der Waals surface area contributed by atoms with Gasteiger partial charge in [-0.2, -0.15) is 23.5 Å². The second kappa shape index (κ2) is 27.4. The Balaban J connectivity index is 2.28. The first kappa shape index (κ1) is 42.4.